The minimum Gasteiger partial charge on any atom is -0.481 e. The first kappa shape index (κ1) is 35.9. The smallest absolute Gasteiger partial charge is 0.309 e. The van der Waals surface area contributed by atoms with E-state index in [4.69, 9.17) is 9.47 Å². The Balaban J connectivity index is 2.52. The maximum atomic E-state index is 13.0. The molecule has 8 heteroatoms. The van der Waals surface area contributed by atoms with Crippen molar-refractivity contribution in [2.75, 3.05) is 13.2 Å². The molecule has 8 nitrogen and oxygen atoms in total. The Morgan fingerprint density at radius 1 is 0.475 bits per heavy atom. The lowest BCUT2D eigenvalue weighted by Crippen LogP contribution is -2.46. The van der Waals surface area contributed by atoms with E-state index in [0.717, 1.165) is 38.5 Å². The van der Waals surface area contributed by atoms with Gasteiger partial charge in [-0.05, 0) is 25.7 Å². The van der Waals surface area contributed by atoms with Gasteiger partial charge >= 0.3 is 23.9 Å². The maximum absolute atomic E-state index is 13.0. The number of rotatable bonds is 24. The fraction of sp³-hybridized carbons (Fsp3) is 0.875. The van der Waals surface area contributed by atoms with Crippen molar-refractivity contribution in [3.8, 4) is 0 Å². The molecule has 0 aromatic heterocycles. The van der Waals surface area contributed by atoms with Crippen LogP contribution in [-0.2, 0) is 28.7 Å². The summed E-state index contributed by atoms with van der Waals surface area (Å²) in [5, 5.41) is 19.2. The van der Waals surface area contributed by atoms with E-state index in [0.29, 0.717) is 12.8 Å². The van der Waals surface area contributed by atoms with Gasteiger partial charge in [0.25, 0.3) is 0 Å². The second kappa shape index (κ2) is 22.6. The van der Waals surface area contributed by atoms with Gasteiger partial charge < -0.3 is 19.7 Å². The summed E-state index contributed by atoms with van der Waals surface area (Å²) in [6.45, 7) is 4.83. The van der Waals surface area contributed by atoms with Gasteiger partial charge in [-0.2, -0.15) is 0 Å². The van der Waals surface area contributed by atoms with E-state index in [2.05, 4.69) is 13.8 Å². The van der Waals surface area contributed by atoms with Crippen molar-refractivity contribution < 1.29 is 38.9 Å². The van der Waals surface area contributed by atoms with Crippen LogP contribution in [0, 0.1) is 23.7 Å². The summed E-state index contributed by atoms with van der Waals surface area (Å²) >= 11 is 0. The van der Waals surface area contributed by atoms with Crippen LogP contribution in [-0.4, -0.2) is 47.3 Å². The van der Waals surface area contributed by atoms with Crippen molar-refractivity contribution in [3.63, 3.8) is 0 Å². The van der Waals surface area contributed by atoms with Crippen LogP contribution < -0.4 is 0 Å². The highest BCUT2D eigenvalue weighted by atomic mass is 16.5. The Bertz CT molecular complexity index is 662. The lowest BCUT2D eigenvalue weighted by Gasteiger charge is -2.35. The third kappa shape index (κ3) is 15.0. The summed E-state index contributed by atoms with van der Waals surface area (Å²) in [5.41, 5.74) is 0. The van der Waals surface area contributed by atoms with Crippen LogP contribution in [0.5, 0.6) is 0 Å². The lowest BCUT2D eigenvalue weighted by molar-refractivity contribution is -0.172. The van der Waals surface area contributed by atoms with Crippen LogP contribution in [0.15, 0.2) is 0 Å². The minimum atomic E-state index is -1.27. The molecule has 0 spiro atoms. The fourth-order valence-electron chi connectivity index (χ4n) is 5.66. The molecule has 1 aliphatic carbocycles. The molecule has 40 heavy (non-hydrogen) atoms. The minimum absolute atomic E-state index is 0.214. The van der Waals surface area contributed by atoms with Gasteiger partial charge in [0.05, 0.1) is 36.9 Å². The molecule has 4 atom stereocenters. The van der Waals surface area contributed by atoms with Crippen LogP contribution in [0.3, 0.4) is 0 Å². The average Bonchev–Trinajstić information content (AvgIpc) is 2.93. The van der Waals surface area contributed by atoms with Crippen LogP contribution >= 0.6 is 0 Å². The normalized spacial score (nSPS) is 20.6. The summed E-state index contributed by atoms with van der Waals surface area (Å²) in [4.78, 5) is 49.5. The molecule has 0 saturated heterocycles. The number of unbranched alkanes of at least 4 members (excludes halogenated alkanes) is 16. The fourth-order valence-corrected chi connectivity index (χ4v) is 5.66. The predicted octanol–water partition coefficient (Wildman–Crippen LogP) is 7.56. The van der Waals surface area contributed by atoms with Crippen LogP contribution in [0.25, 0.3) is 0 Å². The molecule has 1 saturated carbocycles. The van der Waals surface area contributed by atoms with Gasteiger partial charge in [-0.1, -0.05) is 117 Å². The number of esters is 2. The number of carboxylic acids is 2. The number of hydrogen-bond acceptors (Lipinski definition) is 6. The molecule has 0 radical (unpaired) electrons. The molecule has 0 bridgehead atoms. The van der Waals surface area contributed by atoms with Crippen molar-refractivity contribution in [1.29, 1.82) is 0 Å². The van der Waals surface area contributed by atoms with Gasteiger partial charge in [0.2, 0.25) is 0 Å². The Morgan fingerprint density at radius 3 is 1.02 bits per heavy atom. The molecular formula is C32H56O8. The van der Waals surface area contributed by atoms with Crippen molar-refractivity contribution in [1.82, 2.24) is 0 Å². The molecule has 2 N–H and O–H groups in total. The molecule has 0 aromatic rings. The Morgan fingerprint density at radius 2 is 0.750 bits per heavy atom. The first-order chi connectivity index (χ1) is 19.3. The highest BCUT2D eigenvalue weighted by Gasteiger charge is 2.50. The third-order valence-electron chi connectivity index (χ3n) is 8.21. The highest BCUT2D eigenvalue weighted by Crippen LogP contribution is 2.40. The molecule has 232 valence electrons. The van der Waals surface area contributed by atoms with E-state index in [9.17, 15) is 29.4 Å². The number of carboxylic acid groups (broad SMARTS) is 2. The van der Waals surface area contributed by atoms with Crippen LogP contribution in [0.1, 0.15) is 142 Å². The summed E-state index contributed by atoms with van der Waals surface area (Å²) in [5.74, 6) is -8.30. The zero-order valence-corrected chi connectivity index (χ0v) is 25.2. The molecule has 1 aliphatic rings. The molecule has 0 heterocycles. The molecule has 1 fully saturated rings. The number of hydrogen-bond donors (Lipinski definition) is 2. The molecule has 0 amide bonds. The number of carbonyl (C=O) groups excluding carboxylic acids is 2. The molecule has 0 aromatic carbocycles. The van der Waals surface area contributed by atoms with Crippen molar-refractivity contribution in [2.24, 2.45) is 23.7 Å². The second-order valence-corrected chi connectivity index (χ2v) is 11.6. The average molecular weight is 569 g/mol. The van der Waals surface area contributed by atoms with Gasteiger partial charge in [0, 0.05) is 0 Å². The zero-order valence-electron chi connectivity index (χ0n) is 25.2. The number of ether oxygens (including phenoxy) is 2. The van der Waals surface area contributed by atoms with E-state index in [1.807, 2.05) is 0 Å². The summed E-state index contributed by atoms with van der Waals surface area (Å²) < 4.78 is 10.9. The first-order valence-electron chi connectivity index (χ1n) is 16.1. The van der Waals surface area contributed by atoms with E-state index in [1.165, 1.54) is 64.2 Å². The lowest BCUT2D eigenvalue weighted by atomic mass is 9.68. The van der Waals surface area contributed by atoms with E-state index < -0.39 is 47.5 Å². The van der Waals surface area contributed by atoms with Crippen LogP contribution in [0.4, 0.5) is 0 Å². The number of aliphatic carboxylic acids is 2. The molecular weight excluding hydrogens is 512 g/mol. The van der Waals surface area contributed by atoms with Crippen molar-refractivity contribution in [3.05, 3.63) is 0 Å². The van der Waals surface area contributed by atoms with E-state index >= 15 is 0 Å². The van der Waals surface area contributed by atoms with Gasteiger partial charge in [0.1, 0.15) is 0 Å². The van der Waals surface area contributed by atoms with Crippen LogP contribution in [0.2, 0.25) is 0 Å². The molecule has 4 unspecified atom stereocenters. The Kier molecular flexibility index (Phi) is 20.2. The quantitative estimate of drug-likeness (QED) is 0.0902. The van der Waals surface area contributed by atoms with Crippen molar-refractivity contribution >= 4 is 23.9 Å². The zero-order chi connectivity index (χ0) is 29.6. The first-order valence-corrected chi connectivity index (χ1v) is 16.1. The molecule has 1 rings (SSSR count). The van der Waals surface area contributed by atoms with Crippen molar-refractivity contribution in [2.45, 2.75) is 142 Å². The van der Waals surface area contributed by atoms with E-state index in [-0.39, 0.29) is 26.1 Å². The summed E-state index contributed by atoms with van der Waals surface area (Å²) in [7, 11) is 0. The summed E-state index contributed by atoms with van der Waals surface area (Å²) in [6.07, 6.45) is 19.8. The predicted molar refractivity (Wildman–Crippen MR) is 155 cm³/mol. The summed E-state index contributed by atoms with van der Waals surface area (Å²) in [6, 6.07) is 0. The monoisotopic (exact) mass is 568 g/mol. The largest absolute Gasteiger partial charge is 0.481 e. The Hall–Kier alpha value is -2.12. The Labute approximate surface area is 242 Å². The van der Waals surface area contributed by atoms with Gasteiger partial charge in [0.15, 0.2) is 0 Å². The highest BCUT2D eigenvalue weighted by molar-refractivity contribution is 5.86. The molecule has 0 aliphatic heterocycles. The maximum Gasteiger partial charge on any atom is 0.309 e. The third-order valence-corrected chi connectivity index (χ3v) is 8.21. The second-order valence-electron chi connectivity index (χ2n) is 11.6. The van der Waals surface area contributed by atoms with E-state index in [1.54, 1.807) is 0 Å². The SMILES string of the molecule is CCCCCCCCCCCOC(=O)C1CC(C(=O)O)C(C(=O)O)CC1C(=O)OCCCCCCCCCCC. The number of carbonyl (C=O) groups is 4. The topological polar surface area (TPSA) is 127 Å². The van der Waals surface area contributed by atoms with Gasteiger partial charge in [-0.3, -0.25) is 19.2 Å². The standard InChI is InChI=1S/C32H56O8/c1-3-5-7-9-11-13-15-17-19-21-39-31(37)27-23-25(29(33)34)26(30(35)36)24-28(27)32(38)40-22-20-18-16-14-12-10-8-6-4-2/h25-28H,3-24H2,1-2H3,(H,33,34)(H,35,36). The van der Waals surface area contributed by atoms with Gasteiger partial charge in [-0.25, -0.2) is 0 Å². The van der Waals surface area contributed by atoms with Gasteiger partial charge in [-0.15, -0.1) is 0 Å².